The molecule has 0 radical (unpaired) electrons. The van der Waals surface area contributed by atoms with Crippen molar-refractivity contribution in [3.63, 3.8) is 0 Å². The average Bonchev–Trinajstić information content (AvgIpc) is 3.38. The molecule has 3 aliphatic rings. The molecule has 31 heavy (non-hydrogen) atoms. The van der Waals surface area contributed by atoms with Crippen LogP contribution < -0.4 is 16.0 Å². The molecule has 7 nitrogen and oxygen atoms in total. The molecule has 2 aromatic carbocycles. The Labute approximate surface area is 181 Å². The van der Waals surface area contributed by atoms with Crippen molar-refractivity contribution in [3.05, 3.63) is 70.8 Å². The number of nitrogens with zero attached hydrogens (tertiary/aromatic N) is 1. The van der Waals surface area contributed by atoms with Crippen molar-refractivity contribution in [1.82, 2.24) is 20.9 Å². The van der Waals surface area contributed by atoms with Gasteiger partial charge in [0, 0.05) is 50.1 Å². The Balaban J connectivity index is 1.31. The molecule has 160 valence electrons. The second kappa shape index (κ2) is 8.24. The van der Waals surface area contributed by atoms with Gasteiger partial charge in [0.2, 0.25) is 11.8 Å². The summed E-state index contributed by atoms with van der Waals surface area (Å²) in [5.74, 6) is -0.382. The van der Waals surface area contributed by atoms with Gasteiger partial charge in [0.15, 0.2) is 0 Å². The van der Waals surface area contributed by atoms with E-state index < -0.39 is 6.04 Å². The Bertz CT molecular complexity index is 1020. The van der Waals surface area contributed by atoms with Gasteiger partial charge >= 0.3 is 0 Å². The van der Waals surface area contributed by atoms with E-state index in [1.807, 2.05) is 24.3 Å². The number of fused-ring (bicyclic) bond motifs is 1. The summed E-state index contributed by atoms with van der Waals surface area (Å²) in [6, 6.07) is 16.1. The largest absolute Gasteiger partial charge is 0.322 e. The van der Waals surface area contributed by atoms with Gasteiger partial charge in [0.1, 0.15) is 6.04 Å². The van der Waals surface area contributed by atoms with E-state index in [2.05, 4.69) is 40.2 Å². The van der Waals surface area contributed by atoms with Crippen molar-refractivity contribution in [2.45, 2.75) is 43.9 Å². The molecule has 3 N–H and O–H groups in total. The van der Waals surface area contributed by atoms with Crippen molar-refractivity contribution in [3.8, 4) is 0 Å². The third-order valence-corrected chi connectivity index (χ3v) is 6.64. The van der Waals surface area contributed by atoms with E-state index in [1.165, 1.54) is 5.56 Å². The maximum atomic E-state index is 13.2. The van der Waals surface area contributed by atoms with E-state index >= 15 is 0 Å². The first-order chi connectivity index (χ1) is 15.1. The van der Waals surface area contributed by atoms with Crippen LogP contribution >= 0.6 is 0 Å². The van der Waals surface area contributed by atoms with Gasteiger partial charge in [-0.1, -0.05) is 48.5 Å². The van der Waals surface area contributed by atoms with Crippen molar-refractivity contribution in [2.24, 2.45) is 0 Å². The minimum Gasteiger partial charge on any atom is -0.322 e. The van der Waals surface area contributed by atoms with Crippen LogP contribution in [0.1, 0.15) is 45.8 Å². The van der Waals surface area contributed by atoms with E-state index in [-0.39, 0.29) is 30.2 Å². The third-order valence-electron chi connectivity index (χ3n) is 6.64. The summed E-state index contributed by atoms with van der Waals surface area (Å²) in [5, 5.41) is 9.48. The lowest BCUT2D eigenvalue weighted by Crippen LogP contribution is -2.52. The normalized spacial score (nSPS) is 25.6. The number of carbonyl (C=O) groups is 3. The Hall–Kier alpha value is -3.03. The van der Waals surface area contributed by atoms with Gasteiger partial charge in [0.05, 0.1) is 0 Å². The fraction of sp³-hybridized carbons (Fsp3) is 0.375. The lowest BCUT2D eigenvalue weighted by molar-refractivity contribution is -0.136. The minimum absolute atomic E-state index is 0.119. The van der Waals surface area contributed by atoms with E-state index in [4.69, 9.17) is 0 Å². The zero-order valence-electron chi connectivity index (χ0n) is 17.3. The first-order valence-electron chi connectivity index (χ1n) is 10.9. The quantitative estimate of drug-likeness (QED) is 0.637. The summed E-state index contributed by atoms with van der Waals surface area (Å²) in [6.45, 7) is 2.81. The molecular formula is C24H26N4O3. The van der Waals surface area contributed by atoms with Crippen LogP contribution in [0.3, 0.4) is 0 Å². The molecule has 0 aliphatic carbocycles. The van der Waals surface area contributed by atoms with Gasteiger partial charge < -0.3 is 15.5 Å². The standard InChI is InChI=1S/C24H26N4O3/c29-21-10-9-20(23(30)27-21)28-14-17-8-4-7-16(22(17)24(28)31)11-26-19-13-25-12-18(19)15-5-2-1-3-6-15/h1-8,18-20,25-26H,9-14H2,(H,27,29,30)/t18-,19+,20?/m0/s1. The SMILES string of the molecule is O=C1CCC(N2Cc3cccc(CN[C@@H]4CNC[C@H]4c4ccccc4)c3C2=O)C(=O)N1. The monoisotopic (exact) mass is 418 g/mol. The molecule has 1 unspecified atom stereocenters. The lowest BCUT2D eigenvalue weighted by Gasteiger charge is -2.29. The Morgan fingerprint density at radius 1 is 1.00 bits per heavy atom. The molecule has 2 fully saturated rings. The zero-order valence-corrected chi connectivity index (χ0v) is 17.3. The molecule has 3 amide bonds. The lowest BCUT2D eigenvalue weighted by atomic mass is 9.94. The predicted octanol–water partition coefficient (Wildman–Crippen LogP) is 1.29. The van der Waals surface area contributed by atoms with Gasteiger partial charge in [-0.05, 0) is 23.1 Å². The molecule has 0 bridgehead atoms. The summed E-state index contributed by atoms with van der Waals surface area (Å²) in [5.41, 5.74) is 3.90. The fourth-order valence-electron chi connectivity index (χ4n) is 5.02. The number of piperidine rings is 1. The Morgan fingerprint density at radius 3 is 2.65 bits per heavy atom. The molecular weight excluding hydrogens is 392 g/mol. The molecule has 7 heteroatoms. The number of benzene rings is 2. The van der Waals surface area contributed by atoms with Crippen LogP contribution in [0.2, 0.25) is 0 Å². The summed E-state index contributed by atoms with van der Waals surface area (Å²) in [6.07, 6.45) is 0.644. The topological polar surface area (TPSA) is 90.5 Å². The maximum absolute atomic E-state index is 13.2. The fourth-order valence-corrected chi connectivity index (χ4v) is 5.02. The number of imide groups is 1. The predicted molar refractivity (Wildman–Crippen MR) is 115 cm³/mol. The maximum Gasteiger partial charge on any atom is 0.255 e. The van der Waals surface area contributed by atoms with Crippen LogP contribution in [0.4, 0.5) is 0 Å². The number of carbonyl (C=O) groups excluding carboxylic acids is 3. The highest BCUT2D eigenvalue weighted by molar-refractivity contribution is 6.05. The van der Waals surface area contributed by atoms with Gasteiger partial charge in [-0.15, -0.1) is 0 Å². The summed E-state index contributed by atoms with van der Waals surface area (Å²) < 4.78 is 0. The van der Waals surface area contributed by atoms with E-state index in [0.717, 1.165) is 24.2 Å². The highest BCUT2D eigenvalue weighted by atomic mass is 16.2. The van der Waals surface area contributed by atoms with Crippen LogP contribution in [0.15, 0.2) is 48.5 Å². The second-order valence-electron chi connectivity index (χ2n) is 8.51. The van der Waals surface area contributed by atoms with Gasteiger partial charge in [-0.25, -0.2) is 0 Å². The first kappa shape index (κ1) is 19.9. The second-order valence-corrected chi connectivity index (χ2v) is 8.51. The van der Waals surface area contributed by atoms with Crippen molar-refractivity contribution in [2.75, 3.05) is 13.1 Å². The molecule has 2 saturated heterocycles. The van der Waals surface area contributed by atoms with Gasteiger partial charge in [-0.3, -0.25) is 19.7 Å². The summed E-state index contributed by atoms with van der Waals surface area (Å²) >= 11 is 0. The van der Waals surface area contributed by atoms with Crippen molar-refractivity contribution in [1.29, 1.82) is 0 Å². The summed E-state index contributed by atoms with van der Waals surface area (Å²) in [7, 11) is 0. The molecule has 3 atom stereocenters. The summed E-state index contributed by atoms with van der Waals surface area (Å²) in [4.78, 5) is 38.6. The first-order valence-corrected chi connectivity index (χ1v) is 10.9. The molecule has 3 aliphatic heterocycles. The molecule has 2 aromatic rings. The van der Waals surface area contributed by atoms with Crippen LogP contribution in [-0.4, -0.2) is 47.8 Å². The van der Waals surface area contributed by atoms with Crippen LogP contribution in [-0.2, 0) is 22.7 Å². The molecule has 0 saturated carbocycles. The number of rotatable bonds is 5. The molecule has 0 aromatic heterocycles. The van der Waals surface area contributed by atoms with Crippen LogP contribution in [0.25, 0.3) is 0 Å². The number of hydrogen-bond donors (Lipinski definition) is 3. The molecule has 3 heterocycles. The Morgan fingerprint density at radius 2 is 1.84 bits per heavy atom. The highest BCUT2D eigenvalue weighted by Gasteiger charge is 2.40. The molecule has 5 rings (SSSR count). The Kier molecular flexibility index (Phi) is 5.29. The van der Waals surface area contributed by atoms with Gasteiger partial charge in [-0.2, -0.15) is 0 Å². The van der Waals surface area contributed by atoms with Crippen molar-refractivity contribution >= 4 is 17.7 Å². The number of hydrogen-bond acceptors (Lipinski definition) is 5. The third kappa shape index (κ3) is 3.75. The average molecular weight is 418 g/mol. The van der Waals surface area contributed by atoms with Gasteiger partial charge in [0.25, 0.3) is 5.91 Å². The van der Waals surface area contributed by atoms with Crippen LogP contribution in [0.5, 0.6) is 0 Å². The molecule has 0 spiro atoms. The zero-order chi connectivity index (χ0) is 21.4. The number of amides is 3. The van der Waals surface area contributed by atoms with Crippen LogP contribution in [0, 0.1) is 0 Å². The minimum atomic E-state index is -0.583. The highest BCUT2D eigenvalue weighted by Crippen LogP contribution is 2.30. The van der Waals surface area contributed by atoms with E-state index in [1.54, 1.807) is 4.90 Å². The van der Waals surface area contributed by atoms with Crippen molar-refractivity contribution < 1.29 is 14.4 Å². The number of nitrogens with one attached hydrogen (secondary N) is 3. The van der Waals surface area contributed by atoms with E-state index in [0.29, 0.717) is 31.0 Å². The smallest absolute Gasteiger partial charge is 0.255 e. The van der Waals surface area contributed by atoms with E-state index in [9.17, 15) is 14.4 Å².